The number of rotatable bonds is 13. The maximum atomic E-state index is 13.8. The zero-order chi connectivity index (χ0) is 30.2. The van der Waals surface area contributed by atoms with Crippen molar-refractivity contribution in [3.8, 4) is 0 Å². The van der Waals surface area contributed by atoms with Gasteiger partial charge in [-0.1, -0.05) is 82.8 Å². The summed E-state index contributed by atoms with van der Waals surface area (Å²) in [6, 6.07) is 18.2. The Kier molecular flexibility index (Phi) is 12.2. The Balaban J connectivity index is 1.90. The van der Waals surface area contributed by atoms with Crippen molar-refractivity contribution in [3.05, 3.63) is 97.9 Å². The van der Waals surface area contributed by atoms with E-state index in [2.05, 4.69) is 5.32 Å². The molecule has 2 amide bonds. The molecule has 0 radical (unpaired) electrons. The molecule has 41 heavy (non-hydrogen) atoms. The Morgan fingerprint density at radius 3 is 2.20 bits per heavy atom. The summed E-state index contributed by atoms with van der Waals surface area (Å²) in [7, 11) is -3.74. The fourth-order valence-electron chi connectivity index (χ4n) is 4.34. The maximum absolute atomic E-state index is 13.8. The van der Waals surface area contributed by atoms with E-state index >= 15 is 0 Å². The first-order valence-electron chi connectivity index (χ1n) is 12.9. The van der Waals surface area contributed by atoms with Crippen LogP contribution in [0.4, 0.5) is 5.69 Å². The molecule has 0 aliphatic carbocycles. The minimum absolute atomic E-state index is 0.0181. The normalized spacial score (nSPS) is 12.0. The van der Waals surface area contributed by atoms with Gasteiger partial charge in [-0.3, -0.25) is 13.9 Å². The van der Waals surface area contributed by atoms with Gasteiger partial charge in [0, 0.05) is 37.5 Å². The molecule has 7 nitrogen and oxygen atoms in total. The van der Waals surface area contributed by atoms with Crippen molar-refractivity contribution in [1.82, 2.24) is 10.2 Å². The van der Waals surface area contributed by atoms with Gasteiger partial charge < -0.3 is 10.2 Å². The smallest absolute Gasteiger partial charge is 0.243 e. The van der Waals surface area contributed by atoms with Crippen LogP contribution < -0.4 is 9.62 Å². The van der Waals surface area contributed by atoms with Crippen molar-refractivity contribution in [2.24, 2.45) is 0 Å². The van der Waals surface area contributed by atoms with Gasteiger partial charge in [0.2, 0.25) is 21.8 Å². The summed E-state index contributed by atoms with van der Waals surface area (Å²) in [6.45, 7) is 2.28. The molecule has 0 bridgehead atoms. The Hall–Kier alpha value is -2.49. The number of amides is 2. The Morgan fingerprint density at radius 2 is 1.56 bits per heavy atom. The summed E-state index contributed by atoms with van der Waals surface area (Å²) in [5, 5.41) is 4.08. The standard InChI is InChI=1S/C29H31Cl4N3O4S/c1-3-34-29(38)27(17-20-8-5-4-6-9-20)35(19-21-11-13-23(31)25(33)16-21)28(37)10-7-15-36(41(2,39)40)26-18-22(30)12-14-24(26)32/h4-6,8-9,11-14,16,18,27H,3,7,10,15,17,19H2,1-2H3,(H,34,38)/t27-/m1/s1. The number of likely N-dealkylation sites (N-methyl/N-ethyl adjacent to an activating group) is 1. The number of carbonyl (C=O) groups is 2. The average molecular weight is 659 g/mol. The van der Waals surface area contributed by atoms with Gasteiger partial charge in [-0.25, -0.2) is 8.42 Å². The van der Waals surface area contributed by atoms with Crippen LogP contribution in [0.2, 0.25) is 20.1 Å². The second kappa shape index (κ2) is 15.1. The van der Waals surface area contributed by atoms with E-state index in [1.165, 1.54) is 17.0 Å². The van der Waals surface area contributed by atoms with E-state index < -0.39 is 16.1 Å². The largest absolute Gasteiger partial charge is 0.355 e. The molecule has 0 heterocycles. The topological polar surface area (TPSA) is 86.8 Å². The Morgan fingerprint density at radius 1 is 0.878 bits per heavy atom. The highest BCUT2D eigenvalue weighted by molar-refractivity contribution is 7.92. The van der Waals surface area contributed by atoms with Crippen LogP contribution in [0.3, 0.4) is 0 Å². The summed E-state index contributed by atoms with van der Waals surface area (Å²) in [5.41, 5.74) is 1.80. The van der Waals surface area contributed by atoms with Gasteiger partial charge in [-0.2, -0.15) is 0 Å². The molecule has 0 aliphatic heterocycles. The van der Waals surface area contributed by atoms with Gasteiger partial charge >= 0.3 is 0 Å². The molecule has 0 aromatic heterocycles. The van der Waals surface area contributed by atoms with E-state index in [1.54, 1.807) is 24.3 Å². The highest BCUT2D eigenvalue weighted by Gasteiger charge is 2.30. The van der Waals surface area contributed by atoms with Crippen molar-refractivity contribution in [3.63, 3.8) is 0 Å². The van der Waals surface area contributed by atoms with E-state index in [-0.39, 0.29) is 54.9 Å². The molecule has 0 spiro atoms. The van der Waals surface area contributed by atoms with Gasteiger partial charge in [0.25, 0.3) is 0 Å². The van der Waals surface area contributed by atoms with Crippen molar-refractivity contribution < 1.29 is 18.0 Å². The van der Waals surface area contributed by atoms with Crippen molar-refractivity contribution in [2.75, 3.05) is 23.7 Å². The summed E-state index contributed by atoms with van der Waals surface area (Å²) >= 11 is 24.7. The van der Waals surface area contributed by atoms with Crippen molar-refractivity contribution in [2.45, 2.75) is 38.8 Å². The van der Waals surface area contributed by atoms with Crippen LogP contribution in [-0.2, 0) is 32.6 Å². The Bertz CT molecular complexity index is 1470. The third-order valence-corrected chi connectivity index (χ3v) is 8.76. The molecular formula is C29H31Cl4N3O4S. The number of benzene rings is 3. The zero-order valence-corrected chi connectivity index (χ0v) is 26.5. The van der Waals surface area contributed by atoms with E-state index in [0.717, 1.165) is 16.1 Å². The van der Waals surface area contributed by atoms with Gasteiger partial charge in [0.1, 0.15) is 6.04 Å². The third-order valence-electron chi connectivity index (χ3n) is 6.29. The molecule has 0 fully saturated rings. The van der Waals surface area contributed by atoms with E-state index in [9.17, 15) is 18.0 Å². The fraction of sp³-hybridized carbons (Fsp3) is 0.310. The number of nitrogens with one attached hydrogen (secondary N) is 1. The number of anilines is 1. The molecule has 220 valence electrons. The highest BCUT2D eigenvalue weighted by atomic mass is 35.5. The lowest BCUT2D eigenvalue weighted by molar-refractivity contribution is -0.141. The van der Waals surface area contributed by atoms with Crippen LogP contribution in [0.25, 0.3) is 0 Å². The van der Waals surface area contributed by atoms with E-state index in [0.29, 0.717) is 27.2 Å². The number of nitrogens with zero attached hydrogens (tertiary/aromatic N) is 2. The fourth-order valence-corrected chi connectivity index (χ4v) is 6.07. The van der Waals surface area contributed by atoms with E-state index in [1.807, 2.05) is 37.3 Å². The summed E-state index contributed by atoms with van der Waals surface area (Å²) in [5.74, 6) is -0.623. The van der Waals surface area contributed by atoms with Crippen LogP contribution in [0.15, 0.2) is 66.7 Å². The molecule has 1 atom stereocenters. The monoisotopic (exact) mass is 657 g/mol. The molecule has 12 heteroatoms. The van der Waals surface area contributed by atoms with Gasteiger partial charge in [0.05, 0.1) is 27.0 Å². The predicted molar refractivity (Wildman–Crippen MR) is 168 cm³/mol. The Labute approximate surface area is 261 Å². The highest BCUT2D eigenvalue weighted by Crippen LogP contribution is 2.31. The molecule has 3 aromatic rings. The molecule has 1 N–H and O–H groups in total. The third kappa shape index (κ3) is 9.51. The number of carbonyl (C=O) groups excluding carboxylic acids is 2. The lowest BCUT2D eigenvalue weighted by Gasteiger charge is -2.32. The molecule has 0 saturated heterocycles. The summed E-state index contributed by atoms with van der Waals surface area (Å²) in [6.07, 6.45) is 1.48. The molecular weight excluding hydrogens is 628 g/mol. The maximum Gasteiger partial charge on any atom is 0.243 e. The van der Waals surface area contributed by atoms with Crippen LogP contribution in [0.1, 0.15) is 30.9 Å². The van der Waals surface area contributed by atoms with Crippen LogP contribution in [0.5, 0.6) is 0 Å². The molecule has 0 unspecified atom stereocenters. The number of hydrogen-bond donors (Lipinski definition) is 1. The van der Waals surface area contributed by atoms with Crippen LogP contribution in [-0.4, -0.2) is 50.5 Å². The summed E-state index contributed by atoms with van der Waals surface area (Å²) < 4.78 is 26.4. The minimum Gasteiger partial charge on any atom is -0.355 e. The first-order valence-corrected chi connectivity index (χ1v) is 16.2. The summed E-state index contributed by atoms with van der Waals surface area (Å²) in [4.78, 5) is 28.6. The van der Waals surface area contributed by atoms with Gasteiger partial charge in [0.15, 0.2) is 0 Å². The first-order chi connectivity index (χ1) is 19.4. The SMILES string of the molecule is CCNC(=O)[C@@H](Cc1ccccc1)N(Cc1ccc(Cl)c(Cl)c1)C(=O)CCCN(c1cc(Cl)ccc1Cl)S(C)(=O)=O. The number of sulfonamides is 1. The first kappa shape index (κ1) is 33.0. The lowest BCUT2D eigenvalue weighted by Crippen LogP contribution is -2.50. The number of hydrogen-bond acceptors (Lipinski definition) is 4. The van der Waals surface area contributed by atoms with Crippen LogP contribution >= 0.6 is 46.4 Å². The average Bonchev–Trinajstić information content (AvgIpc) is 2.92. The second-order valence-corrected chi connectivity index (χ2v) is 13.0. The van der Waals surface area contributed by atoms with E-state index in [4.69, 9.17) is 46.4 Å². The molecule has 0 aliphatic rings. The van der Waals surface area contributed by atoms with Gasteiger partial charge in [-0.15, -0.1) is 0 Å². The number of halogens is 4. The van der Waals surface area contributed by atoms with Crippen molar-refractivity contribution >= 4 is 73.9 Å². The quantitative estimate of drug-likeness (QED) is 0.224. The molecule has 3 aromatic carbocycles. The lowest BCUT2D eigenvalue weighted by atomic mass is 10.0. The molecule has 3 rings (SSSR count). The van der Waals surface area contributed by atoms with Gasteiger partial charge in [-0.05, 0) is 54.8 Å². The second-order valence-electron chi connectivity index (χ2n) is 9.40. The van der Waals surface area contributed by atoms with Crippen LogP contribution in [0, 0.1) is 0 Å². The zero-order valence-electron chi connectivity index (χ0n) is 22.6. The minimum atomic E-state index is -3.74. The van der Waals surface area contributed by atoms with Crippen molar-refractivity contribution in [1.29, 1.82) is 0 Å². The predicted octanol–water partition coefficient (Wildman–Crippen LogP) is 6.62. The molecule has 0 saturated carbocycles.